The molecule has 0 saturated heterocycles. The summed E-state index contributed by atoms with van der Waals surface area (Å²) in [5, 5.41) is 8.65. The average molecular weight is 264 g/mol. The molecule has 1 atom stereocenters. The number of unbranched alkanes of at least 4 members (excludes halogenated alkanes) is 1. The standard InChI is InChI=1S/C13H16N2O4/c14-9(12(16)17)4-2-1-3-8-5-6-11-10(7-8)15-13(18)19-11/h5-7,9H,1-4,14H2,(H,15,18)(H,16,17). The molecule has 0 radical (unpaired) electrons. The molecule has 0 bridgehead atoms. The number of carbonyl (C=O) groups is 1. The first-order chi connectivity index (χ1) is 9.06. The second-order valence-corrected chi connectivity index (χ2v) is 4.54. The highest BCUT2D eigenvalue weighted by molar-refractivity contribution is 5.73. The topological polar surface area (TPSA) is 109 Å². The average Bonchev–Trinajstić information content (AvgIpc) is 2.73. The van der Waals surface area contributed by atoms with E-state index in [4.69, 9.17) is 15.3 Å². The zero-order chi connectivity index (χ0) is 13.8. The van der Waals surface area contributed by atoms with Gasteiger partial charge in [0.1, 0.15) is 6.04 Å². The summed E-state index contributed by atoms with van der Waals surface area (Å²) in [6.45, 7) is 0. The summed E-state index contributed by atoms with van der Waals surface area (Å²) in [6.07, 6.45) is 2.90. The van der Waals surface area contributed by atoms with E-state index in [0.29, 0.717) is 17.5 Å². The first-order valence-corrected chi connectivity index (χ1v) is 6.16. The van der Waals surface area contributed by atoms with Crippen molar-refractivity contribution in [3.05, 3.63) is 34.3 Å². The Morgan fingerprint density at radius 2 is 2.21 bits per heavy atom. The first-order valence-electron chi connectivity index (χ1n) is 6.16. The molecular formula is C13H16N2O4. The molecule has 2 rings (SSSR count). The predicted octanol–water partition coefficient (Wildman–Crippen LogP) is 1.25. The van der Waals surface area contributed by atoms with Gasteiger partial charge < -0.3 is 15.3 Å². The lowest BCUT2D eigenvalue weighted by Crippen LogP contribution is -2.29. The predicted molar refractivity (Wildman–Crippen MR) is 70.0 cm³/mol. The van der Waals surface area contributed by atoms with Crippen LogP contribution in [0, 0.1) is 0 Å². The van der Waals surface area contributed by atoms with E-state index in [0.717, 1.165) is 24.8 Å². The Hall–Kier alpha value is -2.08. The van der Waals surface area contributed by atoms with E-state index < -0.39 is 17.8 Å². The van der Waals surface area contributed by atoms with Crippen LogP contribution >= 0.6 is 0 Å². The molecule has 1 heterocycles. The van der Waals surface area contributed by atoms with Crippen LogP contribution in [-0.4, -0.2) is 22.1 Å². The van der Waals surface area contributed by atoms with Gasteiger partial charge in [-0.25, -0.2) is 4.79 Å². The molecule has 6 nitrogen and oxygen atoms in total. The number of rotatable bonds is 6. The molecule has 1 unspecified atom stereocenters. The third kappa shape index (κ3) is 3.45. The number of aliphatic carboxylic acids is 1. The zero-order valence-corrected chi connectivity index (χ0v) is 10.4. The van der Waals surface area contributed by atoms with Crippen LogP contribution in [0.5, 0.6) is 0 Å². The monoisotopic (exact) mass is 264 g/mol. The van der Waals surface area contributed by atoms with Gasteiger partial charge in [0.25, 0.3) is 0 Å². The van der Waals surface area contributed by atoms with E-state index in [2.05, 4.69) is 4.98 Å². The van der Waals surface area contributed by atoms with Crippen LogP contribution in [-0.2, 0) is 11.2 Å². The van der Waals surface area contributed by atoms with Crippen LogP contribution in [0.4, 0.5) is 0 Å². The molecule has 0 aliphatic carbocycles. The van der Waals surface area contributed by atoms with Gasteiger partial charge in [-0.1, -0.05) is 12.5 Å². The fourth-order valence-corrected chi connectivity index (χ4v) is 1.97. The molecule has 0 spiro atoms. The second kappa shape index (κ2) is 5.71. The number of aromatic amines is 1. The summed E-state index contributed by atoms with van der Waals surface area (Å²) in [4.78, 5) is 24.2. The molecule has 2 aromatic rings. The number of benzene rings is 1. The van der Waals surface area contributed by atoms with Crippen molar-refractivity contribution in [2.75, 3.05) is 0 Å². The lowest BCUT2D eigenvalue weighted by molar-refractivity contribution is -0.138. The molecule has 6 heteroatoms. The number of H-pyrrole nitrogens is 1. The molecule has 0 aliphatic rings. The lowest BCUT2D eigenvalue weighted by Gasteiger charge is -2.05. The van der Waals surface area contributed by atoms with E-state index >= 15 is 0 Å². The molecule has 0 fully saturated rings. The van der Waals surface area contributed by atoms with E-state index in [-0.39, 0.29) is 0 Å². The maximum atomic E-state index is 11.0. The number of aryl methyl sites for hydroxylation is 1. The molecule has 102 valence electrons. The Balaban J connectivity index is 1.88. The van der Waals surface area contributed by atoms with Crippen molar-refractivity contribution in [3.8, 4) is 0 Å². The molecule has 1 aromatic heterocycles. The van der Waals surface area contributed by atoms with E-state index in [1.54, 1.807) is 6.07 Å². The van der Waals surface area contributed by atoms with Crippen molar-refractivity contribution in [1.82, 2.24) is 4.98 Å². The number of hydrogen-bond acceptors (Lipinski definition) is 4. The number of carboxylic acids is 1. The Morgan fingerprint density at radius 3 is 2.95 bits per heavy atom. The van der Waals surface area contributed by atoms with Crippen molar-refractivity contribution in [1.29, 1.82) is 0 Å². The van der Waals surface area contributed by atoms with Crippen molar-refractivity contribution in [2.24, 2.45) is 5.73 Å². The van der Waals surface area contributed by atoms with Gasteiger partial charge in [0, 0.05) is 0 Å². The molecule has 0 amide bonds. The van der Waals surface area contributed by atoms with Crippen LogP contribution in [0.1, 0.15) is 24.8 Å². The van der Waals surface area contributed by atoms with E-state index in [9.17, 15) is 9.59 Å². The largest absolute Gasteiger partial charge is 0.480 e. The SMILES string of the molecule is NC(CCCCc1ccc2oc(=O)[nH]c2c1)C(=O)O. The van der Waals surface area contributed by atoms with Crippen LogP contribution < -0.4 is 11.5 Å². The van der Waals surface area contributed by atoms with Gasteiger partial charge >= 0.3 is 11.7 Å². The third-order valence-electron chi connectivity index (χ3n) is 3.03. The lowest BCUT2D eigenvalue weighted by atomic mass is 10.0. The molecule has 4 N–H and O–H groups in total. The van der Waals surface area contributed by atoms with Crippen LogP contribution in [0.25, 0.3) is 11.1 Å². The highest BCUT2D eigenvalue weighted by atomic mass is 16.4. The highest BCUT2D eigenvalue weighted by Crippen LogP contribution is 2.14. The van der Waals surface area contributed by atoms with Gasteiger partial charge in [0.2, 0.25) is 0 Å². The van der Waals surface area contributed by atoms with Gasteiger partial charge in [0.15, 0.2) is 5.58 Å². The fourth-order valence-electron chi connectivity index (χ4n) is 1.97. The Kier molecular flexibility index (Phi) is 4.01. The van der Waals surface area contributed by atoms with Crippen molar-refractivity contribution < 1.29 is 14.3 Å². The molecule has 1 aromatic carbocycles. The summed E-state index contributed by atoms with van der Waals surface area (Å²) in [5.41, 5.74) is 7.73. The van der Waals surface area contributed by atoms with Gasteiger partial charge in [-0.15, -0.1) is 0 Å². The zero-order valence-electron chi connectivity index (χ0n) is 10.4. The van der Waals surface area contributed by atoms with Gasteiger partial charge in [0.05, 0.1) is 5.52 Å². The minimum atomic E-state index is -0.961. The van der Waals surface area contributed by atoms with Gasteiger partial charge in [-0.05, 0) is 37.0 Å². The van der Waals surface area contributed by atoms with Crippen molar-refractivity contribution >= 4 is 17.1 Å². The molecule has 0 aliphatic heterocycles. The van der Waals surface area contributed by atoms with Crippen molar-refractivity contribution in [2.45, 2.75) is 31.7 Å². The van der Waals surface area contributed by atoms with Crippen LogP contribution in [0.15, 0.2) is 27.4 Å². The summed E-state index contributed by atoms with van der Waals surface area (Å²) in [5.74, 6) is -1.42. The molecular weight excluding hydrogens is 248 g/mol. The van der Waals surface area contributed by atoms with Crippen LogP contribution in [0.2, 0.25) is 0 Å². The minimum absolute atomic E-state index is 0.459. The van der Waals surface area contributed by atoms with E-state index in [1.165, 1.54) is 0 Å². The highest BCUT2D eigenvalue weighted by Gasteiger charge is 2.10. The number of hydrogen-bond donors (Lipinski definition) is 3. The third-order valence-corrected chi connectivity index (χ3v) is 3.03. The number of nitrogens with one attached hydrogen (secondary N) is 1. The number of aromatic nitrogens is 1. The fraction of sp³-hybridized carbons (Fsp3) is 0.385. The summed E-state index contributed by atoms with van der Waals surface area (Å²) in [7, 11) is 0. The Labute approximate surface area is 109 Å². The summed E-state index contributed by atoms with van der Waals surface area (Å²) in [6, 6.07) is 4.74. The number of oxazole rings is 1. The number of fused-ring (bicyclic) bond motifs is 1. The second-order valence-electron chi connectivity index (χ2n) is 4.54. The summed E-state index contributed by atoms with van der Waals surface area (Å²) >= 11 is 0. The minimum Gasteiger partial charge on any atom is -0.480 e. The van der Waals surface area contributed by atoms with Gasteiger partial charge in [-0.3, -0.25) is 9.78 Å². The number of nitrogens with two attached hydrogens (primary N) is 1. The summed E-state index contributed by atoms with van der Waals surface area (Å²) < 4.78 is 4.91. The maximum Gasteiger partial charge on any atom is 0.417 e. The van der Waals surface area contributed by atoms with Crippen molar-refractivity contribution in [3.63, 3.8) is 0 Å². The molecule has 0 saturated carbocycles. The van der Waals surface area contributed by atoms with Gasteiger partial charge in [-0.2, -0.15) is 0 Å². The Morgan fingerprint density at radius 1 is 1.42 bits per heavy atom. The number of carboxylic acid groups (broad SMARTS) is 1. The quantitative estimate of drug-likeness (QED) is 0.680. The smallest absolute Gasteiger partial charge is 0.417 e. The maximum absolute atomic E-state index is 11.0. The van der Waals surface area contributed by atoms with Crippen LogP contribution in [0.3, 0.4) is 0 Å². The first kappa shape index (κ1) is 13.4. The molecule has 19 heavy (non-hydrogen) atoms. The normalized spacial score (nSPS) is 12.7. The van der Waals surface area contributed by atoms with E-state index in [1.807, 2.05) is 12.1 Å². The Bertz CT molecular complexity index is 629.